The summed E-state index contributed by atoms with van der Waals surface area (Å²) >= 11 is 0. The van der Waals surface area contributed by atoms with E-state index in [-0.39, 0.29) is 11.8 Å². The lowest BCUT2D eigenvalue weighted by molar-refractivity contribution is -0.150. The first-order chi connectivity index (χ1) is 5.13. The van der Waals surface area contributed by atoms with E-state index in [4.69, 9.17) is 5.11 Å². The van der Waals surface area contributed by atoms with Crippen LogP contribution in [0.5, 0.6) is 0 Å². The van der Waals surface area contributed by atoms with E-state index < -0.39 is 11.9 Å². The molecule has 1 aliphatic heterocycles. The molecular weight excluding hydrogens is 146 g/mol. The molecule has 2 unspecified atom stereocenters. The maximum Gasteiger partial charge on any atom is 0.316 e. The van der Waals surface area contributed by atoms with Crippen LogP contribution in [-0.4, -0.2) is 23.5 Å². The number of carbonyl (C=O) groups is 2. The molecule has 0 spiro atoms. The van der Waals surface area contributed by atoms with Gasteiger partial charge in [0.15, 0.2) is 0 Å². The zero-order valence-corrected chi connectivity index (χ0v) is 6.33. The van der Waals surface area contributed by atoms with Crippen molar-refractivity contribution in [2.24, 2.45) is 11.8 Å². The summed E-state index contributed by atoms with van der Waals surface area (Å²) in [6.45, 7) is 2.39. The number of carboxylic acid groups (broad SMARTS) is 1. The van der Waals surface area contributed by atoms with Crippen molar-refractivity contribution in [1.29, 1.82) is 0 Å². The van der Waals surface area contributed by atoms with E-state index >= 15 is 0 Å². The van der Waals surface area contributed by atoms with Gasteiger partial charge in [-0.15, -0.1) is 0 Å². The zero-order valence-electron chi connectivity index (χ0n) is 6.33. The summed E-state index contributed by atoms with van der Waals surface area (Å²) < 4.78 is 0. The van der Waals surface area contributed by atoms with Crippen LogP contribution in [0.2, 0.25) is 0 Å². The quantitative estimate of drug-likeness (QED) is 0.520. The minimum atomic E-state index is -1.02. The normalized spacial score (nSPS) is 31.2. The Morgan fingerprint density at radius 1 is 1.73 bits per heavy atom. The molecule has 0 bridgehead atoms. The van der Waals surface area contributed by atoms with E-state index in [2.05, 4.69) is 5.32 Å². The van der Waals surface area contributed by atoms with Crippen molar-refractivity contribution >= 4 is 11.9 Å². The predicted octanol–water partition coefficient (Wildman–Crippen LogP) is -0.157. The maximum absolute atomic E-state index is 11.0. The average Bonchev–Trinajstić information content (AvgIpc) is 1.85. The van der Waals surface area contributed by atoms with Crippen molar-refractivity contribution in [2.75, 3.05) is 6.54 Å². The summed E-state index contributed by atoms with van der Waals surface area (Å²) in [6, 6.07) is 0. The third kappa shape index (κ3) is 1.50. The predicted molar refractivity (Wildman–Crippen MR) is 37.9 cm³/mol. The molecule has 0 aromatic heterocycles. The highest BCUT2D eigenvalue weighted by atomic mass is 16.4. The maximum atomic E-state index is 11.0. The van der Waals surface area contributed by atoms with Crippen molar-refractivity contribution < 1.29 is 14.7 Å². The van der Waals surface area contributed by atoms with E-state index in [1.807, 2.05) is 0 Å². The highest BCUT2D eigenvalue weighted by Gasteiger charge is 2.34. The Hall–Kier alpha value is -1.06. The lowest BCUT2D eigenvalue weighted by Crippen LogP contribution is -2.44. The van der Waals surface area contributed by atoms with Crippen molar-refractivity contribution in [3.8, 4) is 0 Å². The SMILES string of the molecule is CC1CCNC(=O)C1C(=O)O. The molecule has 4 nitrogen and oxygen atoms in total. The van der Waals surface area contributed by atoms with Gasteiger partial charge in [0.25, 0.3) is 0 Å². The number of amides is 1. The fourth-order valence-corrected chi connectivity index (χ4v) is 1.31. The molecule has 1 heterocycles. The Morgan fingerprint density at radius 2 is 2.36 bits per heavy atom. The number of hydrogen-bond acceptors (Lipinski definition) is 2. The molecule has 1 fully saturated rings. The Morgan fingerprint density at radius 3 is 2.73 bits per heavy atom. The molecule has 2 atom stereocenters. The van der Waals surface area contributed by atoms with Gasteiger partial charge in [0.1, 0.15) is 5.92 Å². The number of piperidine rings is 1. The molecule has 1 aliphatic rings. The Labute approximate surface area is 64.6 Å². The van der Waals surface area contributed by atoms with Gasteiger partial charge in [0, 0.05) is 6.54 Å². The highest BCUT2D eigenvalue weighted by molar-refractivity contribution is 5.97. The summed E-state index contributed by atoms with van der Waals surface area (Å²) in [6.07, 6.45) is 0.753. The topological polar surface area (TPSA) is 66.4 Å². The third-order valence-corrected chi connectivity index (χ3v) is 2.02. The smallest absolute Gasteiger partial charge is 0.316 e. The van der Waals surface area contributed by atoms with Gasteiger partial charge in [-0.05, 0) is 12.3 Å². The summed E-state index contributed by atoms with van der Waals surface area (Å²) in [5.74, 6) is -2.25. The third-order valence-electron chi connectivity index (χ3n) is 2.02. The van der Waals surface area contributed by atoms with Gasteiger partial charge in [-0.2, -0.15) is 0 Å². The molecule has 0 aliphatic carbocycles. The molecular formula is C7H11NO3. The van der Waals surface area contributed by atoms with Crippen LogP contribution in [-0.2, 0) is 9.59 Å². The molecule has 0 radical (unpaired) electrons. The second-order valence-corrected chi connectivity index (χ2v) is 2.87. The molecule has 4 heteroatoms. The van der Waals surface area contributed by atoms with Gasteiger partial charge < -0.3 is 10.4 Å². The van der Waals surface area contributed by atoms with E-state index in [0.29, 0.717) is 6.54 Å². The van der Waals surface area contributed by atoms with E-state index in [9.17, 15) is 9.59 Å². The number of aliphatic carboxylic acids is 1. The van der Waals surface area contributed by atoms with Gasteiger partial charge >= 0.3 is 5.97 Å². The van der Waals surface area contributed by atoms with E-state index in [0.717, 1.165) is 6.42 Å². The van der Waals surface area contributed by atoms with Crippen molar-refractivity contribution in [3.63, 3.8) is 0 Å². The summed E-state index contributed by atoms with van der Waals surface area (Å²) in [5, 5.41) is 11.1. The first-order valence-electron chi connectivity index (χ1n) is 3.63. The van der Waals surface area contributed by atoms with Gasteiger partial charge in [0.05, 0.1) is 0 Å². The highest BCUT2D eigenvalue weighted by Crippen LogP contribution is 2.19. The lowest BCUT2D eigenvalue weighted by atomic mass is 9.87. The van der Waals surface area contributed by atoms with Crippen LogP contribution in [0.3, 0.4) is 0 Å². The minimum Gasteiger partial charge on any atom is -0.481 e. The number of hydrogen-bond donors (Lipinski definition) is 2. The first kappa shape index (κ1) is 8.04. The second kappa shape index (κ2) is 2.90. The summed E-state index contributed by atoms with van der Waals surface area (Å²) in [5.41, 5.74) is 0. The molecule has 1 saturated heterocycles. The number of carbonyl (C=O) groups excluding carboxylic acids is 1. The minimum absolute atomic E-state index is 0.0405. The fraction of sp³-hybridized carbons (Fsp3) is 0.714. The molecule has 1 amide bonds. The summed E-state index contributed by atoms with van der Waals surface area (Å²) in [7, 11) is 0. The van der Waals surface area contributed by atoms with E-state index in [1.165, 1.54) is 0 Å². The van der Waals surface area contributed by atoms with Crippen LogP contribution in [0.4, 0.5) is 0 Å². The average molecular weight is 157 g/mol. The fourth-order valence-electron chi connectivity index (χ4n) is 1.31. The first-order valence-corrected chi connectivity index (χ1v) is 3.63. The van der Waals surface area contributed by atoms with Crippen LogP contribution in [0.1, 0.15) is 13.3 Å². The standard InChI is InChI=1S/C7H11NO3/c1-4-2-3-8-6(9)5(4)7(10)11/h4-5H,2-3H2,1H3,(H,8,9)(H,10,11). The van der Waals surface area contributed by atoms with Gasteiger partial charge in [-0.3, -0.25) is 9.59 Å². The lowest BCUT2D eigenvalue weighted by Gasteiger charge is -2.24. The summed E-state index contributed by atoms with van der Waals surface area (Å²) in [4.78, 5) is 21.5. The molecule has 0 saturated carbocycles. The van der Waals surface area contributed by atoms with Gasteiger partial charge in [-0.1, -0.05) is 6.92 Å². The van der Waals surface area contributed by atoms with Crippen molar-refractivity contribution in [2.45, 2.75) is 13.3 Å². The van der Waals surface area contributed by atoms with Crippen molar-refractivity contribution in [1.82, 2.24) is 5.32 Å². The van der Waals surface area contributed by atoms with E-state index in [1.54, 1.807) is 6.92 Å². The Bertz CT molecular complexity index is 190. The number of rotatable bonds is 1. The molecule has 62 valence electrons. The van der Waals surface area contributed by atoms with Gasteiger partial charge in [0.2, 0.25) is 5.91 Å². The number of nitrogens with one attached hydrogen (secondary N) is 1. The second-order valence-electron chi connectivity index (χ2n) is 2.87. The molecule has 0 aromatic rings. The monoisotopic (exact) mass is 157 g/mol. The Kier molecular flexibility index (Phi) is 2.12. The van der Waals surface area contributed by atoms with Crippen LogP contribution in [0.15, 0.2) is 0 Å². The number of carboxylic acids is 1. The Balaban J connectivity index is 2.70. The van der Waals surface area contributed by atoms with Crippen LogP contribution >= 0.6 is 0 Å². The molecule has 11 heavy (non-hydrogen) atoms. The van der Waals surface area contributed by atoms with Crippen LogP contribution in [0, 0.1) is 11.8 Å². The molecule has 2 N–H and O–H groups in total. The molecule has 1 rings (SSSR count). The van der Waals surface area contributed by atoms with Crippen molar-refractivity contribution in [3.05, 3.63) is 0 Å². The largest absolute Gasteiger partial charge is 0.481 e. The molecule has 0 aromatic carbocycles. The van der Waals surface area contributed by atoms with Crippen LogP contribution < -0.4 is 5.32 Å². The van der Waals surface area contributed by atoms with Gasteiger partial charge in [-0.25, -0.2) is 0 Å². The zero-order chi connectivity index (χ0) is 8.43. The van der Waals surface area contributed by atoms with Crippen LogP contribution in [0.25, 0.3) is 0 Å².